The first-order valence-electron chi connectivity index (χ1n) is 9.91. The van der Waals surface area contributed by atoms with Gasteiger partial charge in [0.25, 0.3) is 0 Å². The highest BCUT2D eigenvalue weighted by Gasteiger charge is 2.33. The minimum absolute atomic E-state index is 0.126. The van der Waals surface area contributed by atoms with Crippen molar-refractivity contribution in [1.82, 2.24) is 15.0 Å². The van der Waals surface area contributed by atoms with Crippen molar-refractivity contribution in [2.24, 2.45) is 5.92 Å². The summed E-state index contributed by atoms with van der Waals surface area (Å²) in [4.78, 5) is 19.0. The predicted octanol–water partition coefficient (Wildman–Crippen LogP) is 3.75. The molecular weight excluding hydrogens is 342 g/mol. The number of carbonyl (C=O) groups is 1. The van der Waals surface area contributed by atoms with Crippen LogP contribution in [0.1, 0.15) is 56.3 Å². The molecule has 0 bridgehead atoms. The first kappa shape index (κ1) is 19.4. The van der Waals surface area contributed by atoms with Gasteiger partial charge in [0, 0.05) is 25.4 Å². The van der Waals surface area contributed by atoms with Crippen molar-refractivity contribution in [2.45, 2.75) is 52.4 Å². The smallest absolute Gasteiger partial charge is 0.231 e. The summed E-state index contributed by atoms with van der Waals surface area (Å²) in [6.45, 7) is 8.14. The molecule has 0 spiro atoms. The zero-order chi connectivity index (χ0) is 19.2. The average molecular weight is 371 g/mol. The summed E-state index contributed by atoms with van der Waals surface area (Å²) < 4.78 is 11.2. The summed E-state index contributed by atoms with van der Waals surface area (Å²) >= 11 is 0. The highest BCUT2D eigenvalue weighted by atomic mass is 16.5. The molecule has 27 heavy (non-hydrogen) atoms. The van der Waals surface area contributed by atoms with E-state index in [0.717, 1.165) is 31.6 Å². The lowest BCUT2D eigenvalue weighted by Crippen LogP contribution is -2.33. The van der Waals surface area contributed by atoms with E-state index in [1.165, 1.54) is 5.56 Å². The molecule has 146 valence electrons. The van der Waals surface area contributed by atoms with E-state index >= 15 is 0 Å². The number of ether oxygens (including phenoxy) is 1. The fourth-order valence-electron chi connectivity index (χ4n) is 3.56. The Labute approximate surface area is 160 Å². The molecule has 2 heterocycles. The molecule has 1 aromatic carbocycles. The van der Waals surface area contributed by atoms with Crippen molar-refractivity contribution >= 4 is 5.91 Å². The summed E-state index contributed by atoms with van der Waals surface area (Å²) in [6.07, 6.45) is 3.26. The molecule has 2 aromatic rings. The van der Waals surface area contributed by atoms with E-state index in [1.54, 1.807) is 0 Å². The Morgan fingerprint density at radius 2 is 2.19 bits per heavy atom. The van der Waals surface area contributed by atoms with Crippen LogP contribution in [0.25, 0.3) is 0 Å². The number of benzene rings is 1. The molecule has 1 fully saturated rings. The standard InChI is InChI=1S/C21H29N3O3/c1-4-16(5-2)21(25)24-11-9-17(14-24)20-22-19(23-27-20)10-12-26-18-8-6-7-15(3)13-18/h6-8,13,16-17H,4-5,9-12,14H2,1-3H3. The van der Waals surface area contributed by atoms with Crippen LogP contribution in [-0.4, -0.2) is 40.6 Å². The average Bonchev–Trinajstić information content (AvgIpc) is 3.32. The topological polar surface area (TPSA) is 68.5 Å². The Hall–Kier alpha value is -2.37. The number of rotatable bonds is 8. The number of nitrogens with zero attached hydrogens (tertiary/aromatic N) is 3. The van der Waals surface area contributed by atoms with E-state index in [-0.39, 0.29) is 17.7 Å². The van der Waals surface area contributed by atoms with Gasteiger partial charge in [0.05, 0.1) is 12.5 Å². The van der Waals surface area contributed by atoms with Crippen LogP contribution >= 0.6 is 0 Å². The van der Waals surface area contributed by atoms with Crippen molar-refractivity contribution in [3.8, 4) is 5.75 Å². The number of hydrogen-bond donors (Lipinski definition) is 0. The molecule has 1 unspecified atom stereocenters. The van der Waals surface area contributed by atoms with Crippen LogP contribution in [0, 0.1) is 12.8 Å². The quantitative estimate of drug-likeness (QED) is 0.707. The summed E-state index contributed by atoms with van der Waals surface area (Å²) in [5, 5.41) is 4.08. The minimum Gasteiger partial charge on any atom is -0.493 e. The molecule has 1 amide bonds. The molecule has 1 aliphatic heterocycles. The second kappa shape index (κ2) is 9.02. The van der Waals surface area contributed by atoms with Crippen molar-refractivity contribution in [3.05, 3.63) is 41.5 Å². The Bertz CT molecular complexity index is 755. The molecule has 1 aromatic heterocycles. The normalized spacial score (nSPS) is 16.9. The van der Waals surface area contributed by atoms with E-state index in [0.29, 0.717) is 31.3 Å². The Balaban J connectivity index is 1.50. The van der Waals surface area contributed by atoms with Crippen molar-refractivity contribution in [3.63, 3.8) is 0 Å². The van der Waals surface area contributed by atoms with Gasteiger partial charge in [-0.05, 0) is 43.9 Å². The van der Waals surface area contributed by atoms with Gasteiger partial charge in [-0.25, -0.2) is 0 Å². The highest BCUT2D eigenvalue weighted by Crippen LogP contribution is 2.28. The first-order chi connectivity index (χ1) is 13.1. The lowest BCUT2D eigenvalue weighted by Gasteiger charge is -2.21. The van der Waals surface area contributed by atoms with Crippen molar-refractivity contribution in [1.29, 1.82) is 0 Å². The fraction of sp³-hybridized carbons (Fsp3) is 0.571. The van der Waals surface area contributed by atoms with E-state index in [1.807, 2.05) is 36.1 Å². The molecule has 0 N–H and O–H groups in total. The maximum absolute atomic E-state index is 12.5. The zero-order valence-corrected chi connectivity index (χ0v) is 16.5. The Morgan fingerprint density at radius 3 is 2.93 bits per heavy atom. The molecule has 1 aliphatic rings. The van der Waals surface area contributed by atoms with Gasteiger partial charge in [-0.3, -0.25) is 4.79 Å². The third-order valence-electron chi connectivity index (χ3n) is 5.25. The third-order valence-corrected chi connectivity index (χ3v) is 5.25. The van der Waals surface area contributed by atoms with E-state index in [4.69, 9.17) is 9.26 Å². The molecular formula is C21H29N3O3. The van der Waals surface area contributed by atoms with Gasteiger partial charge in [-0.1, -0.05) is 31.1 Å². The summed E-state index contributed by atoms with van der Waals surface area (Å²) in [5.74, 6) is 2.67. The first-order valence-corrected chi connectivity index (χ1v) is 9.91. The largest absolute Gasteiger partial charge is 0.493 e. The van der Waals surface area contributed by atoms with Gasteiger partial charge in [-0.15, -0.1) is 0 Å². The van der Waals surface area contributed by atoms with Gasteiger partial charge in [0.2, 0.25) is 11.8 Å². The monoisotopic (exact) mass is 371 g/mol. The third kappa shape index (κ3) is 4.87. The van der Waals surface area contributed by atoms with Gasteiger partial charge in [0.15, 0.2) is 5.82 Å². The summed E-state index contributed by atoms with van der Waals surface area (Å²) in [7, 11) is 0. The van der Waals surface area contributed by atoms with Crippen LogP contribution in [0.5, 0.6) is 5.75 Å². The predicted molar refractivity (Wildman–Crippen MR) is 103 cm³/mol. The maximum atomic E-state index is 12.5. The molecule has 6 heteroatoms. The van der Waals surface area contributed by atoms with Crippen LogP contribution in [-0.2, 0) is 11.2 Å². The molecule has 0 radical (unpaired) electrons. The maximum Gasteiger partial charge on any atom is 0.231 e. The number of likely N-dealkylation sites (tertiary alicyclic amines) is 1. The van der Waals surface area contributed by atoms with E-state index in [9.17, 15) is 4.79 Å². The Morgan fingerprint density at radius 1 is 1.37 bits per heavy atom. The van der Waals surface area contributed by atoms with Gasteiger partial charge in [-0.2, -0.15) is 4.98 Å². The second-order valence-corrected chi connectivity index (χ2v) is 7.25. The van der Waals surface area contributed by atoms with E-state index < -0.39 is 0 Å². The summed E-state index contributed by atoms with van der Waals surface area (Å²) in [5.41, 5.74) is 1.17. The van der Waals surface area contributed by atoms with Crippen LogP contribution in [0.15, 0.2) is 28.8 Å². The SMILES string of the molecule is CCC(CC)C(=O)N1CCC(c2nc(CCOc3cccc(C)c3)no2)C1. The number of aromatic nitrogens is 2. The van der Waals surface area contributed by atoms with Crippen LogP contribution in [0.3, 0.4) is 0 Å². The lowest BCUT2D eigenvalue weighted by atomic mass is 10.0. The summed E-state index contributed by atoms with van der Waals surface area (Å²) in [6, 6.07) is 7.97. The van der Waals surface area contributed by atoms with Crippen LogP contribution in [0.2, 0.25) is 0 Å². The second-order valence-electron chi connectivity index (χ2n) is 7.25. The van der Waals surface area contributed by atoms with Crippen LogP contribution < -0.4 is 4.74 Å². The van der Waals surface area contributed by atoms with Gasteiger partial charge >= 0.3 is 0 Å². The fourth-order valence-corrected chi connectivity index (χ4v) is 3.56. The van der Waals surface area contributed by atoms with Crippen molar-refractivity contribution in [2.75, 3.05) is 19.7 Å². The molecule has 1 saturated heterocycles. The number of carbonyl (C=O) groups excluding carboxylic acids is 1. The zero-order valence-electron chi connectivity index (χ0n) is 16.5. The molecule has 0 saturated carbocycles. The van der Waals surface area contributed by atoms with Crippen molar-refractivity contribution < 1.29 is 14.1 Å². The van der Waals surface area contributed by atoms with Crippen LogP contribution in [0.4, 0.5) is 0 Å². The number of amides is 1. The molecule has 6 nitrogen and oxygen atoms in total. The minimum atomic E-state index is 0.126. The Kier molecular flexibility index (Phi) is 6.48. The van der Waals surface area contributed by atoms with Gasteiger partial charge in [0.1, 0.15) is 5.75 Å². The van der Waals surface area contributed by atoms with Gasteiger partial charge < -0.3 is 14.2 Å². The molecule has 0 aliphatic carbocycles. The molecule has 1 atom stereocenters. The van der Waals surface area contributed by atoms with E-state index in [2.05, 4.69) is 24.0 Å². The number of aryl methyl sites for hydroxylation is 1. The number of hydrogen-bond acceptors (Lipinski definition) is 5. The lowest BCUT2D eigenvalue weighted by molar-refractivity contribution is -0.134. The molecule has 3 rings (SSSR count). The highest BCUT2D eigenvalue weighted by molar-refractivity contribution is 5.79.